The Kier molecular flexibility index (Phi) is 5.32. The monoisotopic (exact) mass is 369 g/mol. The van der Waals surface area contributed by atoms with E-state index in [4.69, 9.17) is 0 Å². The van der Waals surface area contributed by atoms with Crippen LogP contribution in [0, 0.1) is 0 Å². The number of benzene rings is 1. The number of nitrogens with zero attached hydrogens (tertiary/aromatic N) is 4. The zero-order valence-corrected chi connectivity index (χ0v) is 15.6. The Morgan fingerprint density at radius 2 is 2.19 bits per heavy atom. The highest BCUT2D eigenvalue weighted by Gasteiger charge is 2.18. The molecule has 1 aromatic carbocycles. The molecule has 1 N–H and O–H groups in total. The fourth-order valence-electron chi connectivity index (χ4n) is 2.52. The summed E-state index contributed by atoms with van der Waals surface area (Å²) in [5.74, 6) is -0.680. The van der Waals surface area contributed by atoms with Gasteiger partial charge in [-0.05, 0) is 37.6 Å². The van der Waals surface area contributed by atoms with Crippen molar-refractivity contribution in [2.45, 2.75) is 30.7 Å². The van der Waals surface area contributed by atoms with Crippen LogP contribution in [-0.2, 0) is 16.6 Å². The van der Waals surface area contributed by atoms with Crippen molar-refractivity contribution in [3.63, 3.8) is 0 Å². The van der Waals surface area contributed by atoms with E-state index in [9.17, 15) is 9.59 Å². The maximum absolute atomic E-state index is 12.4. The molecule has 0 bridgehead atoms. The minimum atomic E-state index is -0.386. The number of hydrogen-bond acceptors (Lipinski definition) is 5. The largest absolute Gasteiger partial charge is 0.321 e. The van der Waals surface area contributed by atoms with E-state index >= 15 is 0 Å². The predicted molar refractivity (Wildman–Crippen MR) is 101 cm³/mol. The van der Waals surface area contributed by atoms with Crippen molar-refractivity contribution < 1.29 is 9.59 Å². The van der Waals surface area contributed by atoms with E-state index < -0.39 is 0 Å². The lowest BCUT2D eigenvalue weighted by Crippen LogP contribution is -2.24. The van der Waals surface area contributed by atoms with Crippen LogP contribution in [0.4, 0.5) is 5.69 Å². The van der Waals surface area contributed by atoms with Crippen LogP contribution in [0.15, 0.2) is 52.4 Å². The van der Waals surface area contributed by atoms with Crippen LogP contribution >= 0.6 is 11.8 Å². The van der Waals surface area contributed by atoms with Crippen molar-refractivity contribution in [1.29, 1.82) is 0 Å². The lowest BCUT2D eigenvalue weighted by molar-refractivity contribution is -0.117. The maximum Gasteiger partial charge on any atom is 0.274 e. The zero-order chi connectivity index (χ0) is 18.7. The van der Waals surface area contributed by atoms with Gasteiger partial charge >= 0.3 is 0 Å². The van der Waals surface area contributed by atoms with Gasteiger partial charge in [0.2, 0.25) is 5.91 Å². The summed E-state index contributed by atoms with van der Waals surface area (Å²) in [4.78, 5) is 27.7. The van der Waals surface area contributed by atoms with Gasteiger partial charge in [-0.1, -0.05) is 29.5 Å². The molecule has 0 radical (unpaired) electrons. The Morgan fingerprint density at radius 3 is 2.88 bits per heavy atom. The van der Waals surface area contributed by atoms with Gasteiger partial charge < -0.3 is 9.88 Å². The molecule has 2 aromatic rings. The third kappa shape index (κ3) is 4.26. The van der Waals surface area contributed by atoms with E-state index in [0.29, 0.717) is 5.69 Å². The first-order valence-electron chi connectivity index (χ1n) is 8.13. The first-order valence-corrected chi connectivity index (χ1v) is 9.01. The Labute approximate surface area is 155 Å². The Bertz CT molecular complexity index is 916. The minimum absolute atomic E-state index is 0.130. The number of aliphatic imine (C=N–C) groups is 1. The van der Waals surface area contributed by atoms with Crippen molar-refractivity contribution in [3.05, 3.63) is 47.8 Å². The van der Waals surface area contributed by atoms with Crippen molar-refractivity contribution in [2.75, 3.05) is 5.32 Å². The highest BCUT2D eigenvalue weighted by molar-refractivity contribution is 7.99. The zero-order valence-electron chi connectivity index (χ0n) is 14.8. The van der Waals surface area contributed by atoms with Crippen molar-refractivity contribution in [2.24, 2.45) is 12.0 Å². The van der Waals surface area contributed by atoms with Gasteiger partial charge in [-0.15, -0.1) is 10.2 Å². The molecule has 2 heterocycles. The van der Waals surface area contributed by atoms with Crippen LogP contribution in [0.2, 0.25) is 0 Å². The van der Waals surface area contributed by atoms with Crippen LogP contribution in [-0.4, -0.2) is 32.3 Å². The summed E-state index contributed by atoms with van der Waals surface area (Å²) >= 11 is 1.58. The third-order valence-corrected chi connectivity index (χ3v) is 5.06. The standard InChI is InChI=1S/C18H19N5O2S/c1-11-7-15(21-16(24)8-11)17(25)20-14-6-4-5-13(9-14)12(2)26-18-22-19-10-23(18)3/h4-7,9-10,12H,8H2,1-3H3,(H,20,25)/t12-/m0/s1. The molecule has 3 rings (SSSR count). The van der Waals surface area contributed by atoms with Gasteiger partial charge in [-0.25, -0.2) is 4.99 Å². The number of aromatic nitrogens is 3. The number of nitrogens with one attached hydrogen (secondary N) is 1. The molecule has 0 unspecified atom stereocenters. The molecule has 1 aromatic heterocycles. The molecule has 26 heavy (non-hydrogen) atoms. The van der Waals surface area contributed by atoms with Crippen molar-refractivity contribution in [1.82, 2.24) is 14.8 Å². The topological polar surface area (TPSA) is 89.2 Å². The summed E-state index contributed by atoms with van der Waals surface area (Å²) in [7, 11) is 1.90. The van der Waals surface area contributed by atoms with Crippen LogP contribution in [0.25, 0.3) is 0 Å². The quantitative estimate of drug-likeness (QED) is 0.819. The molecule has 7 nitrogen and oxygen atoms in total. The summed E-state index contributed by atoms with van der Waals surface area (Å²) < 4.78 is 1.86. The van der Waals surface area contributed by atoms with Gasteiger partial charge in [-0.3, -0.25) is 9.59 Å². The number of rotatable bonds is 5. The van der Waals surface area contributed by atoms with Crippen molar-refractivity contribution >= 4 is 35.0 Å². The van der Waals surface area contributed by atoms with E-state index in [0.717, 1.165) is 16.3 Å². The lowest BCUT2D eigenvalue weighted by Gasteiger charge is -2.13. The number of thioether (sulfide) groups is 1. The predicted octanol–water partition coefficient (Wildman–Crippen LogP) is 2.92. The minimum Gasteiger partial charge on any atom is -0.321 e. The first-order chi connectivity index (χ1) is 12.4. The molecule has 0 fully saturated rings. The molecule has 0 saturated heterocycles. The number of anilines is 1. The summed E-state index contributed by atoms with van der Waals surface area (Å²) in [5.41, 5.74) is 2.68. The highest BCUT2D eigenvalue weighted by atomic mass is 32.2. The summed E-state index contributed by atoms with van der Waals surface area (Å²) in [6.45, 7) is 3.88. The Morgan fingerprint density at radius 1 is 1.38 bits per heavy atom. The van der Waals surface area contributed by atoms with E-state index in [2.05, 4.69) is 27.4 Å². The van der Waals surface area contributed by atoms with Crippen LogP contribution < -0.4 is 5.32 Å². The maximum atomic E-state index is 12.4. The van der Waals surface area contributed by atoms with Crippen molar-refractivity contribution in [3.8, 4) is 0 Å². The molecular weight excluding hydrogens is 350 g/mol. The second-order valence-electron chi connectivity index (χ2n) is 6.12. The summed E-state index contributed by atoms with van der Waals surface area (Å²) in [5, 5.41) is 11.7. The van der Waals surface area contributed by atoms with Gasteiger partial charge in [0, 0.05) is 18.0 Å². The average Bonchev–Trinajstić information content (AvgIpc) is 2.99. The SMILES string of the molecule is CC1=CC(C(=O)Nc2cccc([C@H](C)Sc3nncn3C)c2)=NC(=O)C1. The second kappa shape index (κ2) is 7.65. The van der Waals surface area contributed by atoms with Crippen LogP contribution in [0.5, 0.6) is 0 Å². The normalized spacial score (nSPS) is 15.3. The number of dihydropyridines is 1. The van der Waals surface area contributed by atoms with Gasteiger partial charge in [0.25, 0.3) is 5.91 Å². The van der Waals surface area contributed by atoms with E-state index in [1.54, 1.807) is 24.2 Å². The molecule has 1 aliphatic heterocycles. The van der Waals surface area contributed by atoms with Crippen LogP contribution in [0.1, 0.15) is 31.1 Å². The molecule has 2 amide bonds. The molecule has 1 aliphatic rings. The molecule has 134 valence electrons. The number of amides is 2. The van der Waals surface area contributed by atoms with E-state index in [-0.39, 0.29) is 29.2 Å². The van der Waals surface area contributed by atoms with Gasteiger partial charge in [0.05, 0.1) is 6.42 Å². The second-order valence-corrected chi connectivity index (χ2v) is 7.43. The smallest absolute Gasteiger partial charge is 0.274 e. The molecular formula is C18H19N5O2S. The fourth-order valence-corrected chi connectivity index (χ4v) is 3.42. The fraction of sp³-hybridized carbons (Fsp3) is 0.278. The summed E-state index contributed by atoms with van der Waals surface area (Å²) in [6, 6.07) is 7.60. The average molecular weight is 369 g/mol. The number of aryl methyl sites for hydroxylation is 1. The van der Waals surface area contributed by atoms with E-state index in [1.807, 2.05) is 42.8 Å². The molecule has 1 atom stereocenters. The third-order valence-electron chi connectivity index (χ3n) is 3.86. The van der Waals surface area contributed by atoms with Gasteiger partial charge in [0.15, 0.2) is 5.16 Å². The number of carbonyl (C=O) groups is 2. The van der Waals surface area contributed by atoms with E-state index in [1.165, 1.54) is 0 Å². The van der Waals surface area contributed by atoms with Gasteiger partial charge in [0.1, 0.15) is 12.0 Å². The lowest BCUT2D eigenvalue weighted by atomic mass is 10.1. The first kappa shape index (κ1) is 18.1. The molecule has 8 heteroatoms. The highest BCUT2D eigenvalue weighted by Crippen LogP contribution is 2.34. The Hall–Kier alpha value is -2.74. The van der Waals surface area contributed by atoms with Crippen LogP contribution in [0.3, 0.4) is 0 Å². The Balaban J connectivity index is 1.72. The molecule has 0 spiro atoms. The summed E-state index contributed by atoms with van der Waals surface area (Å²) in [6.07, 6.45) is 3.57. The van der Waals surface area contributed by atoms with Gasteiger partial charge in [-0.2, -0.15) is 0 Å². The number of hydrogen-bond donors (Lipinski definition) is 1. The molecule has 0 saturated carbocycles. The molecule has 0 aliphatic carbocycles. The number of carbonyl (C=O) groups excluding carboxylic acids is 2.